The van der Waals surface area contributed by atoms with E-state index in [4.69, 9.17) is 5.73 Å². The minimum atomic E-state index is -0.309. The predicted octanol–water partition coefficient (Wildman–Crippen LogP) is 0.283. The largest absolute Gasteiger partial charge is 0.327 e. The summed E-state index contributed by atoms with van der Waals surface area (Å²) in [4.78, 5) is 0. The summed E-state index contributed by atoms with van der Waals surface area (Å²) in [6, 6.07) is 0.177. The zero-order chi connectivity index (χ0) is 7.11. The number of nitrogens with two attached hydrogens (primary N) is 1. The molecule has 0 aliphatic carbocycles. The van der Waals surface area contributed by atoms with Gasteiger partial charge < -0.3 is 11.1 Å². The van der Waals surface area contributed by atoms with Crippen LogP contribution in [0.4, 0.5) is 4.39 Å². The molecule has 0 aromatic heterocycles. The first kappa shape index (κ1) is 8.85. The summed E-state index contributed by atoms with van der Waals surface area (Å²) in [6.45, 7) is 2.85. The van der Waals surface area contributed by atoms with E-state index in [2.05, 4.69) is 5.32 Å². The van der Waals surface area contributed by atoms with Crippen LogP contribution in [0.2, 0.25) is 0 Å². The van der Waals surface area contributed by atoms with Crippen LogP contribution in [0.3, 0.4) is 0 Å². The highest BCUT2D eigenvalue weighted by Gasteiger charge is 1.95. The number of halogens is 1. The van der Waals surface area contributed by atoms with Gasteiger partial charge in [-0.2, -0.15) is 0 Å². The van der Waals surface area contributed by atoms with Gasteiger partial charge in [0.2, 0.25) is 0 Å². The van der Waals surface area contributed by atoms with Gasteiger partial charge in [-0.25, -0.2) is 4.39 Å². The first-order valence-corrected chi connectivity index (χ1v) is 3.33. The third-order valence-corrected chi connectivity index (χ3v) is 1.20. The maximum Gasteiger partial charge on any atom is 0.102 e. The number of alkyl halides is 1. The van der Waals surface area contributed by atoms with Crippen LogP contribution in [0.5, 0.6) is 0 Å². The quantitative estimate of drug-likeness (QED) is 0.530. The number of hydrogen-bond acceptors (Lipinski definition) is 2. The average Bonchev–Trinajstić information content (AvgIpc) is 1.89. The van der Waals surface area contributed by atoms with Gasteiger partial charge in [0, 0.05) is 19.1 Å². The molecule has 0 saturated carbocycles. The van der Waals surface area contributed by atoms with Crippen molar-refractivity contribution in [3.63, 3.8) is 0 Å². The normalized spacial score (nSPS) is 13.7. The highest BCUT2D eigenvalue weighted by molar-refractivity contribution is 4.60. The van der Waals surface area contributed by atoms with Gasteiger partial charge in [0.1, 0.15) is 6.67 Å². The fourth-order valence-electron chi connectivity index (χ4n) is 0.499. The van der Waals surface area contributed by atoms with Gasteiger partial charge in [-0.3, -0.25) is 0 Å². The van der Waals surface area contributed by atoms with Gasteiger partial charge in [-0.05, 0) is 6.42 Å². The number of rotatable bonds is 5. The fourth-order valence-corrected chi connectivity index (χ4v) is 0.499. The maximum atomic E-state index is 11.4. The minimum Gasteiger partial charge on any atom is -0.327 e. The molecule has 3 heteroatoms. The molecule has 1 atom stereocenters. The first-order valence-electron chi connectivity index (χ1n) is 3.33. The van der Waals surface area contributed by atoms with Crippen LogP contribution in [0, 0.1) is 0 Å². The summed E-state index contributed by atoms with van der Waals surface area (Å²) in [7, 11) is 0. The van der Waals surface area contributed by atoms with E-state index in [9.17, 15) is 4.39 Å². The van der Waals surface area contributed by atoms with Crippen molar-refractivity contribution in [2.24, 2.45) is 5.73 Å². The van der Waals surface area contributed by atoms with E-state index < -0.39 is 0 Å². The Labute approximate surface area is 55.6 Å². The zero-order valence-electron chi connectivity index (χ0n) is 5.86. The van der Waals surface area contributed by atoms with E-state index in [-0.39, 0.29) is 12.7 Å². The summed E-state index contributed by atoms with van der Waals surface area (Å²) in [6.07, 6.45) is 0.944. The van der Waals surface area contributed by atoms with Crippen molar-refractivity contribution in [2.45, 2.75) is 19.4 Å². The second-order valence-electron chi connectivity index (χ2n) is 2.06. The molecule has 2 nitrogen and oxygen atoms in total. The molecule has 0 spiro atoms. The minimum absolute atomic E-state index is 0.177. The lowest BCUT2D eigenvalue weighted by Crippen LogP contribution is -2.34. The van der Waals surface area contributed by atoms with Crippen molar-refractivity contribution in [3.8, 4) is 0 Å². The van der Waals surface area contributed by atoms with Gasteiger partial charge in [0.25, 0.3) is 0 Å². The molecule has 0 aromatic carbocycles. The van der Waals surface area contributed by atoms with Gasteiger partial charge in [-0.1, -0.05) is 6.92 Å². The van der Waals surface area contributed by atoms with Crippen LogP contribution in [0.15, 0.2) is 0 Å². The van der Waals surface area contributed by atoms with Crippen LogP contribution in [-0.4, -0.2) is 25.8 Å². The lowest BCUT2D eigenvalue weighted by atomic mass is 10.2. The molecule has 9 heavy (non-hydrogen) atoms. The number of nitrogens with one attached hydrogen (secondary N) is 1. The molecule has 0 aliphatic rings. The van der Waals surface area contributed by atoms with Crippen molar-refractivity contribution in [3.05, 3.63) is 0 Å². The topological polar surface area (TPSA) is 38.0 Å². The van der Waals surface area contributed by atoms with Gasteiger partial charge in [-0.15, -0.1) is 0 Å². The van der Waals surface area contributed by atoms with E-state index >= 15 is 0 Å². The zero-order valence-corrected chi connectivity index (χ0v) is 5.86. The molecule has 0 heterocycles. The Balaban J connectivity index is 2.88. The Morgan fingerprint density at radius 2 is 2.33 bits per heavy atom. The molecule has 0 aliphatic heterocycles. The van der Waals surface area contributed by atoms with E-state index in [1.165, 1.54) is 0 Å². The van der Waals surface area contributed by atoms with Crippen molar-refractivity contribution >= 4 is 0 Å². The van der Waals surface area contributed by atoms with Crippen molar-refractivity contribution in [1.82, 2.24) is 5.32 Å². The third-order valence-electron chi connectivity index (χ3n) is 1.20. The maximum absolute atomic E-state index is 11.4. The van der Waals surface area contributed by atoms with Crippen molar-refractivity contribution in [1.29, 1.82) is 0 Å². The second-order valence-corrected chi connectivity index (χ2v) is 2.06. The molecule has 0 radical (unpaired) electrons. The molecule has 56 valence electrons. The Morgan fingerprint density at radius 1 is 1.67 bits per heavy atom. The Kier molecular flexibility index (Phi) is 5.88. The smallest absolute Gasteiger partial charge is 0.102 e. The Morgan fingerprint density at radius 3 is 2.78 bits per heavy atom. The lowest BCUT2D eigenvalue weighted by molar-refractivity contribution is 0.454. The summed E-state index contributed by atoms with van der Waals surface area (Å²) in [5.74, 6) is 0. The summed E-state index contributed by atoms with van der Waals surface area (Å²) >= 11 is 0. The molecule has 0 amide bonds. The molecular weight excluding hydrogens is 119 g/mol. The molecule has 0 fully saturated rings. The van der Waals surface area contributed by atoms with E-state index in [1.54, 1.807) is 0 Å². The van der Waals surface area contributed by atoms with Gasteiger partial charge >= 0.3 is 0 Å². The number of hydrogen-bond donors (Lipinski definition) is 2. The van der Waals surface area contributed by atoms with E-state index in [0.717, 1.165) is 13.0 Å². The van der Waals surface area contributed by atoms with Gasteiger partial charge in [0.15, 0.2) is 0 Å². The highest BCUT2D eigenvalue weighted by atomic mass is 19.1. The molecular formula is C6H15FN2. The molecule has 3 N–H and O–H groups in total. The lowest BCUT2D eigenvalue weighted by Gasteiger charge is -2.07. The van der Waals surface area contributed by atoms with Crippen LogP contribution in [-0.2, 0) is 0 Å². The third kappa shape index (κ3) is 5.73. The van der Waals surface area contributed by atoms with Crippen molar-refractivity contribution in [2.75, 3.05) is 19.8 Å². The molecule has 1 unspecified atom stereocenters. The highest BCUT2D eigenvalue weighted by Crippen LogP contribution is 1.81. The average molecular weight is 134 g/mol. The summed E-state index contributed by atoms with van der Waals surface area (Å²) in [5.41, 5.74) is 5.53. The Hall–Kier alpha value is -0.150. The Bertz CT molecular complexity index is 59.0. The monoisotopic (exact) mass is 134 g/mol. The van der Waals surface area contributed by atoms with E-state index in [1.807, 2.05) is 6.92 Å². The summed E-state index contributed by atoms with van der Waals surface area (Å²) < 4.78 is 11.4. The predicted molar refractivity (Wildman–Crippen MR) is 37.1 cm³/mol. The summed E-state index contributed by atoms with van der Waals surface area (Å²) in [5, 5.41) is 2.89. The standard InChI is InChI=1S/C6H15FN2/c1-2-6(8)5-9-4-3-7/h6,9H,2-5,8H2,1H3. The molecule has 0 bridgehead atoms. The van der Waals surface area contributed by atoms with Crippen LogP contribution in [0.25, 0.3) is 0 Å². The van der Waals surface area contributed by atoms with E-state index in [0.29, 0.717) is 6.54 Å². The molecule has 0 rings (SSSR count). The van der Waals surface area contributed by atoms with Crippen molar-refractivity contribution < 1.29 is 4.39 Å². The molecule has 0 aromatic rings. The fraction of sp³-hybridized carbons (Fsp3) is 1.00. The second kappa shape index (κ2) is 5.98. The SMILES string of the molecule is CCC(N)CNCCF. The van der Waals surface area contributed by atoms with Crippen LogP contribution in [0.1, 0.15) is 13.3 Å². The molecule has 0 saturated heterocycles. The van der Waals surface area contributed by atoms with Crippen LogP contribution < -0.4 is 11.1 Å². The first-order chi connectivity index (χ1) is 4.31. The van der Waals surface area contributed by atoms with Gasteiger partial charge in [0.05, 0.1) is 0 Å². The van der Waals surface area contributed by atoms with Crippen LogP contribution >= 0.6 is 0 Å².